The normalized spacial score (nSPS) is 27.4. The molecule has 1 saturated carbocycles. The average molecular weight is 537 g/mol. The van der Waals surface area contributed by atoms with Crippen LogP contribution in [0.25, 0.3) is 5.57 Å². The number of anilines is 1. The van der Waals surface area contributed by atoms with E-state index in [0.717, 1.165) is 32.5 Å². The van der Waals surface area contributed by atoms with Gasteiger partial charge in [0.15, 0.2) is 0 Å². The number of nitrogens with one attached hydrogen (secondary N) is 1. The smallest absolute Gasteiger partial charge is 0.0817 e. The van der Waals surface area contributed by atoms with Crippen molar-refractivity contribution in [2.75, 3.05) is 38.6 Å². The van der Waals surface area contributed by atoms with Crippen LogP contribution in [-0.4, -0.2) is 49.9 Å². The third-order valence-electron chi connectivity index (χ3n) is 10.9. The second-order valence-corrected chi connectivity index (χ2v) is 13.2. The predicted molar refractivity (Wildman–Crippen MR) is 169 cm³/mol. The van der Waals surface area contributed by atoms with E-state index < -0.39 is 0 Å². The highest BCUT2D eigenvalue weighted by molar-refractivity contribution is 5.74. The minimum Gasteiger partial charge on any atom is -0.381 e. The van der Waals surface area contributed by atoms with Crippen LogP contribution in [0, 0.1) is 16.7 Å². The van der Waals surface area contributed by atoms with E-state index in [1.54, 1.807) is 11.9 Å². The molecule has 6 rings (SSSR count). The highest BCUT2D eigenvalue weighted by Crippen LogP contribution is 2.62. The summed E-state index contributed by atoms with van der Waals surface area (Å²) in [7, 11) is 4.30. The number of hydrogen-bond acceptors (Lipinski definition) is 3. The van der Waals surface area contributed by atoms with E-state index >= 15 is 0 Å². The minimum absolute atomic E-state index is 0.173. The Bertz CT molecular complexity index is 1320. The van der Waals surface area contributed by atoms with E-state index in [1.165, 1.54) is 71.3 Å². The van der Waals surface area contributed by atoms with Crippen LogP contribution in [0.5, 0.6) is 0 Å². The third-order valence-corrected chi connectivity index (χ3v) is 10.9. The van der Waals surface area contributed by atoms with Crippen molar-refractivity contribution in [2.45, 2.75) is 76.7 Å². The minimum atomic E-state index is -0.173. The molecule has 2 aromatic carbocycles. The molecule has 3 heterocycles. The lowest BCUT2D eigenvalue weighted by molar-refractivity contribution is 0.255. The molecule has 0 radical (unpaired) electrons. The maximum Gasteiger partial charge on any atom is 0.0817 e. The van der Waals surface area contributed by atoms with Crippen LogP contribution in [-0.2, 0) is 6.42 Å². The Kier molecular flexibility index (Phi) is 7.09. The first-order chi connectivity index (χ1) is 19.3. The summed E-state index contributed by atoms with van der Waals surface area (Å²) in [5.74, 6) is 1.53. The first kappa shape index (κ1) is 27.2. The van der Waals surface area contributed by atoms with Gasteiger partial charge in [-0.15, -0.1) is 0 Å². The Morgan fingerprint density at radius 2 is 1.75 bits per heavy atom. The van der Waals surface area contributed by atoms with E-state index in [9.17, 15) is 0 Å². The predicted octanol–water partition coefficient (Wildman–Crippen LogP) is 7.98. The summed E-state index contributed by atoms with van der Waals surface area (Å²) in [5.41, 5.74) is 10.9. The molecule has 4 atom stereocenters. The summed E-state index contributed by atoms with van der Waals surface area (Å²) < 4.78 is 0. The molecule has 4 nitrogen and oxygen atoms in total. The maximum atomic E-state index is 8.26. The molecular formula is C36H48N4. The van der Waals surface area contributed by atoms with E-state index in [4.69, 9.17) is 12.0 Å². The van der Waals surface area contributed by atoms with Crippen LogP contribution >= 0.6 is 0 Å². The molecule has 0 bridgehead atoms. The number of allylic oxidation sites excluding steroid dienone is 1. The first-order valence-corrected chi connectivity index (χ1v) is 15.7. The number of aryl methyl sites for hydroxylation is 1. The van der Waals surface area contributed by atoms with E-state index in [1.807, 2.05) is 0 Å². The molecule has 4 aliphatic rings. The molecule has 1 aliphatic carbocycles. The SMILES string of the molecule is C=C(CC)c1ccc2c(c1)N1CC3(C(=C)N(C)C)CN(C=N)CC3c3cc(CC)ccc3C1C2C1CCCCC1. The van der Waals surface area contributed by atoms with Gasteiger partial charge in [-0.05, 0) is 71.1 Å². The van der Waals surface area contributed by atoms with Crippen molar-refractivity contribution < 1.29 is 0 Å². The van der Waals surface area contributed by atoms with Crippen LogP contribution in [0.4, 0.5) is 5.69 Å². The summed E-state index contributed by atoms with van der Waals surface area (Å²) in [6.45, 7) is 16.3. The van der Waals surface area contributed by atoms with Gasteiger partial charge in [0.1, 0.15) is 0 Å². The zero-order valence-corrected chi connectivity index (χ0v) is 25.2. The number of benzene rings is 2. The molecule has 2 aromatic rings. The number of nitrogens with zero attached hydrogens (tertiary/aromatic N) is 3. The topological polar surface area (TPSA) is 33.6 Å². The molecule has 0 aromatic heterocycles. The Morgan fingerprint density at radius 3 is 2.42 bits per heavy atom. The van der Waals surface area contributed by atoms with Gasteiger partial charge in [-0.3, -0.25) is 5.41 Å². The van der Waals surface area contributed by atoms with Crippen LogP contribution in [0.2, 0.25) is 0 Å². The lowest BCUT2D eigenvalue weighted by atomic mass is 9.69. The fourth-order valence-corrected chi connectivity index (χ4v) is 8.71. The average Bonchev–Trinajstić information content (AvgIpc) is 3.49. The molecule has 1 N–H and O–H groups in total. The number of hydrogen-bond donors (Lipinski definition) is 1. The monoisotopic (exact) mass is 536 g/mol. The molecule has 1 saturated heterocycles. The largest absolute Gasteiger partial charge is 0.381 e. The van der Waals surface area contributed by atoms with Crippen molar-refractivity contribution in [3.05, 3.63) is 83.1 Å². The van der Waals surface area contributed by atoms with Crippen LogP contribution in [0.15, 0.2) is 55.3 Å². The molecule has 2 fully saturated rings. The molecule has 212 valence electrons. The summed E-state index contributed by atoms with van der Waals surface area (Å²) >= 11 is 0. The Labute approximate surface area is 242 Å². The van der Waals surface area contributed by atoms with E-state index in [2.05, 4.69) is 85.6 Å². The van der Waals surface area contributed by atoms with Crippen molar-refractivity contribution in [1.29, 1.82) is 5.41 Å². The van der Waals surface area contributed by atoms with Gasteiger partial charge in [-0.2, -0.15) is 0 Å². The second-order valence-electron chi connectivity index (χ2n) is 13.2. The molecular weight excluding hydrogens is 488 g/mol. The molecule has 3 aliphatic heterocycles. The molecule has 0 amide bonds. The van der Waals surface area contributed by atoms with Gasteiger partial charge >= 0.3 is 0 Å². The molecule has 4 heteroatoms. The maximum absolute atomic E-state index is 8.26. The Morgan fingerprint density at radius 1 is 1.00 bits per heavy atom. The van der Waals surface area contributed by atoms with Crippen molar-refractivity contribution in [3.8, 4) is 0 Å². The van der Waals surface area contributed by atoms with Crippen LogP contribution in [0.1, 0.15) is 98.1 Å². The fourth-order valence-electron chi connectivity index (χ4n) is 8.71. The van der Waals surface area contributed by atoms with Gasteiger partial charge in [-0.25, -0.2) is 0 Å². The lowest BCUT2D eigenvalue weighted by Gasteiger charge is -2.42. The summed E-state index contributed by atoms with van der Waals surface area (Å²) in [5, 5.41) is 8.26. The van der Waals surface area contributed by atoms with E-state index in [0.29, 0.717) is 23.8 Å². The molecule has 4 unspecified atom stereocenters. The summed E-state index contributed by atoms with van der Waals surface area (Å²) in [6.07, 6.45) is 10.3. The molecule has 40 heavy (non-hydrogen) atoms. The Hall–Kier alpha value is -3.01. The Balaban J connectivity index is 1.61. The zero-order chi connectivity index (χ0) is 28.2. The van der Waals surface area contributed by atoms with Gasteiger partial charge in [0.25, 0.3) is 0 Å². The lowest BCUT2D eigenvalue weighted by Crippen LogP contribution is -2.45. The van der Waals surface area contributed by atoms with Gasteiger partial charge in [0.05, 0.1) is 17.8 Å². The quantitative estimate of drug-likeness (QED) is 0.288. The van der Waals surface area contributed by atoms with Gasteiger partial charge < -0.3 is 14.7 Å². The van der Waals surface area contributed by atoms with Crippen LogP contribution < -0.4 is 4.90 Å². The standard InChI is InChI=1S/C36H48N4/c1-7-24(3)28-15-17-30-33(19-28)40-22-36(25(4)38(5)6)21-39(23-37)20-32(36)31-18-26(8-2)14-16-29(31)35(40)34(30)27-12-10-9-11-13-27/h14-19,23,27,32,34-35,37H,3-4,7-13,20-22H2,1-2,5-6H3. The second kappa shape index (κ2) is 10.4. The van der Waals surface area contributed by atoms with Crippen LogP contribution in [0.3, 0.4) is 0 Å². The zero-order valence-electron chi connectivity index (χ0n) is 25.2. The van der Waals surface area contributed by atoms with Crippen molar-refractivity contribution in [3.63, 3.8) is 0 Å². The number of rotatable bonds is 7. The fraction of sp³-hybridized carbons (Fsp3) is 0.528. The summed E-state index contributed by atoms with van der Waals surface area (Å²) in [4.78, 5) is 7.27. The number of likely N-dealkylation sites (tertiary alicyclic amines) is 1. The highest BCUT2D eigenvalue weighted by Gasteiger charge is 2.57. The van der Waals surface area contributed by atoms with Gasteiger partial charge in [0, 0.05) is 56.9 Å². The van der Waals surface area contributed by atoms with Crippen molar-refractivity contribution in [1.82, 2.24) is 9.80 Å². The van der Waals surface area contributed by atoms with Gasteiger partial charge in [-0.1, -0.05) is 76.6 Å². The molecule has 0 spiro atoms. The van der Waals surface area contributed by atoms with Crippen molar-refractivity contribution in [2.24, 2.45) is 11.3 Å². The number of fused-ring (bicyclic) bond motifs is 7. The third kappa shape index (κ3) is 4.13. The van der Waals surface area contributed by atoms with E-state index in [-0.39, 0.29) is 5.41 Å². The first-order valence-electron chi connectivity index (χ1n) is 15.7. The highest BCUT2D eigenvalue weighted by atomic mass is 15.3. The summed E-state index contributed by atoms with van der Waals surface area (Å²) in [6, 6.07) is 15.0. The van der Waals surface area contributed by atoms with Gasteiger partial charge in [0.2, 0.25) is 0 Å². The van der Waals surface area contributed by atoms with Crippen molar-refractivity contribution >= 4 is 17.6 Å².